The van der Waals surface area contributed by atoms with Crippen molar-refractivity contribution in [2.24, 2.45) is 5.92 Å². The summed E-state index contributed by atoms with van der Waals surface area (Å²) in [6.45, 7) is 4.69. The van der Waals surface area contributed by atoms with Gasteiger partial charge in [0.05, 0.1) is 0 Å². The second kappa shape index (κ2) is 6.02. The molecular weight excluding hydrogens is 196 g/mol. The molecule has 1 rings (SSSR count). The minimum atomic E-state index is 0.400. The minimum Gasteiger partial charge on any atom is -0.315 e. The van der Waals surface area contributed by atoms with Crippen molar-refractivity contribution in [3.05, 3.63) is 0 Å². The minimum absolute atomic E-state index is 0.400. The molecule has 0 aromatic heterocycles. The highest BCUT2D eigenvalue weighted by Crippen LogP contribution is 2.38. The number of hydrogen-bond donors (Lipinski definition) is 1. The van der Waals surface area contributed by atoms with Gasteiger partial charge in [0.2, 0.25) is 0 Å². The van der Waals surface area contributed by atoms with Crippen molar-refractivity contribution in [2.45, 2.75) is 64.0 Å². The van der Waals surface area contributed by atoms with Crippen LogP contribution >= 0.6 is 0 Å². The molecule has 1 aliphatic rings. The van der Waals surface area contributed by atoms with E-state index in [0.29, 0.717) is 11.6 Å². The van der Waals surface area contributed by atoms with Gasteiger partial charge in [-0.3, -0.25) is 0 Å². The Labute approximate surface area is 102 Å². The Hall–Kier alpha value is -0.0800. The lowest BCUT2D eigenvalue weighted by molar-refractivity contribution is 0.0428. The maximum Gasteiger partial charge on any atom is 0.0356 e. The van der Waals surface area contributed by atoms with Crippen LogP contribution in [0.4, 0.5) is 0 Å². The second-order valence-electron chi connectivity index (χ2n) is 5.81. The van der Waals surface area contributed by atoms with Crippen molar-refractivity contribution in [1.29, 1.82) is 0 Å². The zero-order chi connectivity index (χ0) is 12.2. The highest BCUT2D eigenvalue weighted by molar-refractivity contribution is 5.00. The topological polar surface area (TPSA) is 15.3 Å². The molecule has 0 amide bonds. The van der Waals surface area contributed by atoms with Gasteiger partial charge in [0, 0.05) is 11.6 Å². The lowest BCUT2D eigenvalue weighted by Crippen LogP contribution is -2.59. The Kier molecular flexibility index (Phi) is 5.26. The predicted octanol–water partition coefficient (Wildman–Crippen LogP) is 2.89. The van der Waals surface area contributed by atoms with E-state index in [-0.39, 0.29) is 0 Å². The van der Waals surface area contributed by atoms with E-state index in [0.717, 1.165) is 5.92 Å². The molecule has 1 aliphatic carbocycles. The average molecular weight is 226 g/mol. The van der Waals surface area contributed by atoms with Crippen molar-refractivity contribution in [3.63, 3.8) is 0 Å². The molecule has 1 atom stereocenters. The molecule has 16 heavy (non-hydrogen) atoms. The lowest BCUT2D eigenvalue weighted by atomic mass is 9.71. The summed E-state index contributed by atoms with van der Waals surface area (Å²) in [6, 6.07) is 0.653. The first-order valence-electron chi connectivity index (χ1n) is 6.91. The molecule has 1 saturated carbocycles. The first-order valence-corrected chi connectivity index (χ1v) is 6.91. The lowest BCUT2D eigenvalue weighted by Gasteiger charge is -2.49. The van der Waals surface area contributed by atoms with Crippen LogP contribution in [-0.2, 0) is 0 Å². The monoisotopic (exact) mass is 226 g/mol. The molecule has 2 heteroatoms. The Morgan fingerprint density at radius 2 is 1.88 bits per heavy atom. The summed E-state index contributed by atoms with van der Waals surface area (Å²) in [4.78, 5) is 2.48. The number of hydrogen-bond acceptors (Lipinski definition) is 2. The van der Waals surface area contributed by atoms with E-state index in [9.17, 15) is 0 Å². The van der Waals surface area contributed by atoms with Gasteiger partial charge in [-0.25, -0.2) is 0 Å². The molecule has 0 aromatic rings. The average Bonchev–Trinajstić information content (AvgIpc) is 2.27. The largest absolute Gasteiger partial charge is 0.315 e. The van der Waals surface area contributed by atoms with Gasteiger partial charge < -0.3 is 10.2 Å². The molecular formula is C14H30N2. The second-order valence-corrected chi connectivity index (χ2v) is 5.81. The van der Waals surface area contributed by atoms with E-state index in [2.05, 4.69) is 45.2 Å². The molecule has 1 N–H and O–H groups in total. The fourth-order valence-corrected chi connectivity index (χ4v) is 3.34. The smallest absolute Gasteiger partial charge is 0.0356 e. The number of likely N-dealkylation sites (N-methyl/N-ethyl adjacent to an activating group) is 2. The summed E-state index contributed by atoms with van der Waals surface area (Å²) in [5.41, 5.74) is 0.400. The van der Waals surface area contributed by atoms with Gasteiger partial charge in [0.15, 0.2) is 0 Å². The summed E-state index contributed by atoms with van der Waals surface area (Å²) >= 11 is 0. The Balaban J connectivity index is 2.78. The summed E-state index contributed by atoms with van der Waals surface area (Å²) in [5, 5.41) is 3.57. The van der Waals surface area contributed by atoms with Crippen molar-refractivity contribution in [3.8, 4) is 0 Å². The third-order valence-corrected chi connectivity index (χ3v) is 4.61. The van der Waals surface area contributed by atoms with E-state index in [4.69, 9.17) is 0 Å². The number of nitrogens with one attached hydrogen (secondary N) is 1. The summed E-state index contributed by atoms with van der Waals surface area (Å²) in [5.74, 6) is 0.923. The van der Waals surface area contributed by atoms with Crippen LogP contribution in [0.15, 0.2) is 0 Å². The first-order chi connectivity index (χ1) is 7.56. The Bertz CT molecular complexity index is 193. The molecule has 0 aliphatic heterocycles. The molecule has 0 saturated heterocycles. The van der Waals surface area contributed by atoms with E-state index < -0.39 is 0 Å². The van der Waals surface area contributed by atoms with E-state index in [1.54, 1.807) is 0 Å². The van der Waals surface area contributed by atoms with Crippen LogP contribution in [0.3, 0.4) is 0 Å². The van der Waals surface area contributed by atoms with Crippen LogP contribution in [0.2, 0.25) is 0 Å². The van der Waals surface area contributed by atoms with E-state index >= 15 is 0 Å². The van der Waals surface area contributed by atoms with Crippen molar-refractivity contribution in [2.75, 3.05) is 21.1 Å². The Morgan fingerprint density at radius 3 is 2.25 bits per heavy atom. The molecule has 2 nitrogen and oxygen atoms in total. The van der Waals surface area contributed by atoms with E-state index in [1.165, 1.54) is 38.5 Å². The summed E-state index contributed by atoms with van der Waals surface area (Å²) in [7, 11) is 6.65. The number of nitrogens with zero attached hydrogens (tertiary/aromatic N) is 1. The van der Waals surface area contributed by atoms with Crippen LogP contribution in [0.5, 0.6) is 0 Å². The summed E-state index contributed by atoms with van der Waals surface area (Å²) < 4.78 is 0. The zero-order valence-electron chi connectivity index (χ0n) is 11.8. The van der Waals surface area contributed by atoms with Gasteiger partial charge in [0.25, 0.3) is 0 Å². The molecule has 0 aromatic carbocycles. The fraction of sp³-hybridized carbons (Fsp3) is 1.00. The van der Waals surface area contributed by atoms with Crippen LogP contribution in [-0.4, -0.2) is 37.6 Å². The molecule has 0 bridgehead atoms. The SMILES string of the molecule is CCCC(NC)C1(N(C)C)CCC(C)CC1. The van der Waals surface area contributed by atoms with Gasteiger partial charge in [-0.05, 0) is 59.2 Å². The van der Waals surface area contributed by atoms with Crippen LogP contribution in [0.1, 0.15) is 52.4 Å². The van der Waals surface area contributed by atoms with Gasteiger partial charge in [-0.1, -0.05) is 20.3 Å². The van der Waals surface area contributed by atoms with Crippen molar-refractivity contribution in [1.82, 2.24) is 10.2 Å². The van der Waals surface area contributed by atoms with Crippen LogP contribution in [0.25, 0.3) is 0 Å². The molecule has 0 spiro atoms. The van der Waals surface area contributed by atoms with Crippen LogP contribution < -0.4 is 5.32 Å². The standard InChI is InChI=1S/C14H30N2/c1-6-7-13(15-3)14(16(4)5)10-8-12(2)9-11-14/h12-13,15H,6-11H2,1-5H3. The van der Waals surface area contributed by atoms with Crippen molar-refractivity contribution >= 4 is 0 Å². The molecule has 1 unspecified atom stereocenters. The van der Waals surface area contributed by atoms with Crippen molar-refractivity contribution < 1.29 is 0 Å². The van der Waals surface area contributed by atoms with Gasteiger partial charge in [-0.15, -0.1) is 0 Å². The maximum absolute atomic E-state index is 3.57. The quantitative estimate of drug-likeness (QED) is 0.775. The fourth-order valence-electron chi connectivity index (χ4n) is 3.34. The third-order valence-electron chi connectivity index (χ3n) is 4.61. The molecule has 96 valence electrons. The maximum atomic E-state index is 3.57. The van der Waals surface area contributed by atoms with Gasteiger partial charge >= 0.3 is 0 Å². The molecule has 0 radical (unpaired) electrons. The van der Waals surface area contributed by atoms with E-state index in [1.807, 2.05) is 0 Å². The van der Waals surface area contributed by atoms with Crippen LogP contribution in [0, 0.1) is 5.92 Å². The predicted molar refractivity (Wildman–Crippen MR) is 71.8 cm³/mol. The third kappa shape index (κ3) is 2.78. The van der Waals surface area contributed by atoms with Gasteiger partial charge in [0.1, 0.15) is 0 Å². The number of rotatable bonds is 5. The van der Waals surface area contributed by atoms with Gasteiger partial charge in [-0.2, -0.15) is 0 Å². The summed E-state index contributed by atoms with van der Waals surface area (Å²) in [6.07, 6.45) is 8.05. The molecule has 0 heterocycles. The zero-order valence-corrected chi connectivity index (χ0v) is 11.8. The highest BCUT2D eigenvalue weighted by atomic mass is 15.2. The normalized spacial score (nSPS) is 33.0. The Morgan fingerprint density at radius 1 is 1.31 bits per heavy atom. The highest BCUT2D eigenvalue weighted by Gasteiger charge is 2.41. The first kappa shape index (κ1) is 14.0. The molecule has 1 fully saturated rings.